The van der Waals surface area contributed by atoms with Gasteiger partial charge in [0.05, 0.1) is 19.3 Å². The maximum atomic E-state index is 12.6. The topological polar surface area (TPSA) is 84.7 Å². The summed E-state index contributed by atoms with van der Waals surface area (Å²) in [5, 5.41) is 4.12. The number of rotatable bonds is 11. The van der Waals surface area contributed by atoms with Crippen LogP contribution in [0.4, 0.5) is 0 Å². The van der Waals surface area contributed by atoms with E-state index in [1.165, 1.54) is 5.56 Å². The fourth-order valence-corrected chi connectivity index (χ4v) is 5.32. The van der Waals surface area contributed by atoms with Gasteiger partial charge in [-0.3, -0.25) is 14.5 Å². The molecule has 1 heterocycles. The van der Waals surface area contributed by atoms with Crippen molar-refractivity contribution in [2.45, 2.75) is 37.4 Å². The highest BCUT2D eigenvalue weighted by molar-refractivity contribution is 6.30. The lowest BCUT2D eigenvalue weighted by Gasteiger charge is -2.40. The van der Waals surface area contributed by atoms with Crippen LogP contribution in [0.3, 0.4) is 0 Å². The zero-order valence-corrected chi connectivity index (χ0v) is 23.4. The number of hydrogen-bond acceptors (Lipinski definition) is 4. The van der Waals surface area contributed by atoms with E-state index < -0.39 is 11.9 Å². The van der Waals surface area contributed by atoms with Crippen molar-refractivity contribution in [3.05, 3.63) is 117 Å². The van der Waals surface area contributed by atoms with E-state index in [-0.39, 0.29) is 31.0 Å². The summed E-state index contributed by atoms with van der Waals surface area (Å²) in [6.45, 7) is 0.581. The number of carbonyl (C=O) groups is 2. The number of halogens is 2. The number of ether oxygens (including phenoxy) is 1. The molecule has 1 unspecified atom stereocenters. The summed E-state index contributed by atoms with van der Waals surface area (Å²) >= 11 is 12.5. The predicted molar refractivity (Wildman–Crippen MR) is 156 cm³/mol. The van der Waals surface area contributed by atoms with Gasteiger partial charge >= 0.3 is 0 Å². The Morgan fingerprint density at radius 3 is 2.44 bits per heavy atom. The zero-order chi connectivity index (χ0) is 27.8. The van der Waals surface area contributed by atoms with Gasteiger partial charge in [0.15, 0.2) is 0 Å². The number of primary amides is 1. The Labute approximate surface area is 239 Å². The molecule has 3 atom stereocenters. The molecule has 3 N–H and O–H groups in total. The molecule has 4 rings (SSSR count). The number of benzene rings is 3. The first-order valence-corrected chi connectivity index (χ1v) is 13.7. The van der Waals surface area contributed by atoms with Crippen molar-refractivity contribution in [3.63, 3.8) is 0 Å². The summed E-state index contributed by atoms with van der Waals surface area (Å²) in [5.74, 6) is -0.846. The summed E-state index contributed by atoms with van der Waals surface area (Å²) in [4.78, 5) is 26.8. The van der Waals surface area contributed by atoms with Crippen molar-refractivity contribution in [2.75, 3.05) is 20.3 Å². The van der Waals surface area contributed by atoms with Gasteiger partial charge < -0.3 is 15.8 Å². The second-order valence-corrected chi connectivity index (χ2v) is 10.6. The van der Waals surface area contributed by atoms with Gasteiger partial charge in [0.25, 0.3) is 0 Å². The molecule has 39 heavy (non-hydrogen) atoms. The largest absolute Gasteiger partial charge is 0.377 e. The smallest absolute Gasteiger partial charge is 0.240 e. The number of likely N-dealkylation sites (N-methyl/N-ethyl adjacent to an activating group) is 1. The van der Waals surface area contributed by atoms with Crippen LogP contribution in [0.5, 0.6) is 0 Å². The first-order valence-electron chi connectivity index (χ1n) is 12.9. The van der Waals surface area contributed by atoms with E-state index in [1.54, 1.807) is 0 Å². The SMILES string of the molecule is CN1C(c2ccc(Cl)cc2)CC=C(COCCC(=O)N[C@@H](Cc2ccccc2)C(N)=O)[C@@H]1c1cccc(Cl)c1. The maximum Gasteiger partial charge on any atom is 0.240 e. The Morgan fingerprint density at radius 1 is 1.00 bits per heavy atom. The zero-order valence-electron chi connectivity index (χ0n) is 21.9. The van der Waals surface area contributed by atoms with Crippen LogP contribution in [0.2, 0.25) is 10.0 Å². The molecule has 3 aromatic carbocycles. The van der Waals surface area contributed by atoms with Crippen LogP contribution in [0.25, 0.3) is 0 Å². The number of nitrogens with one attached hydrogen (secondary N) is 1. The number of nitrogens with zero attached hydrogens (tertiary/aromatic N) is 1. The molecule has 6 nitrogen and oxygen atoms in total. The minimum atomic E-state index is -0.772. The first kappa shape index (κ1) is 28.8. The Morgan fingerprint density at radius 2 is 1.74 bits per heavy atom. The Bertz CT molecular complexity index is 1300. The molecule has 0 aromatic heterocycles. The molecule has 0 fully saturated rings. The van der Waals surface area contributed by atoms with Crippen LogP contribution in [-0.4, -0.2) is 43.0 Å². The summed E-state index contributed by atoms with van der Waals surface area (Å²) in [6.07, 6.45) is 3.50. The van der Waals surface area contributed by atoms with Crippen LogP contribution in [-0.2, 0) is 20.7 Å². The molecule has 0 radical (unpaired) electrons. The fourth-order valence-electron chi connectivity index (χ4n) is 5.00. The fraction of sp³-hybridized carbons (Fsp3) is 0.290. The number of amides is 2. The summed E-state index contributed by atoms with van der Waals surface area (Å²) in [6, 6.07) is 24.6. The van der Waals surface area contributed by atoms with Gasteiger partial charge in [-0.2, -0.15) is 0 Å². The third-order valence-electron chi connectivity index (χ3n) is 6.98. The van der Waals surface area contributed by atoms with Crippen LogP contribution < -0.4 is 11.1 Å². The third kappa shape index (κ3) is 7.93. The van der Waals surface area contributed by atoms with Crippen LogP contribution in [0.1, 0.15) is 41.6 Å². The van der Waals surface area contributed by atoms with Gasteiger partial charge in [0, 0.05) is 28.9 Å². The molecule has 0 saturated heterocycles. The Kier molecular flexibility index (Phi) is 10.2. The van der Waals surface area contributed by atoms with Crippen LogP contribution in [0, 0.1) is 0 Å². The van der Waals surface area contributed by atoms with Gasteiger partial charge in [-0.1, -0.05) is 83.9 Å². The van der Waals surface area contributed by atoms with E-state index in [0.717, 1.165) is 23.1 Å². The monoisotopic (exact) mass is 565 g/mol. The molecule has 0 bridgehead atoms. The molecule has 1 aliphatic heterocycles. The van der Waals surface area contributed by atoms with Gasteiger partial charge in [-0.05, 0) is 60.0 Å². The molecule has 2 amide bonds. The highest BCUT2D eigenvalue weighted by Crippen LogP contribution is 2.41. The average molecular weight is 567 g/mol. The lowest BCUT2D eigenvalue weighted by Crippen LogP contribution is -2.46. The Hall–Kier alpha value is -3.16. The van der Waals surface area contributed by atoms with E-state index in [0.29, 0.717) is 23.1 Å². The Balaban J connectivity index is 1.38. The van der Waals surface area contributed by atoms with Crippen molar-refractivity contribution >= 4 is 35.0 Å². The van der Waals surface area contributed by atoms with Crippen molar-refractivity contribution in [1.82, 2.24) is 10.2 Å². The molecule has 204 valence electrons. The molecule has 8 heteroatoms. The van der Waals surface area contributed by atoms with Crippen LogP contribution in [0.15, 0.2) is 90.5 Å². The highest BCUT2D eigenvalue weighted by Gasteiger charge is 2.32. The predicted octanol–water partition coefficient (Wildman–Crippen LogP) is 5.66. The van der Waals surface area contributed by atoms with E-state index in [9.17, 15) is 9.59 Å². The second kappa shape index (κ2) is 13.8. The van der Waals surface area contributed by atoms with Gasteiger partial charge in [0.1, 0.15) is 6.04 Å². The number of carbonyl (C=O) groups excluding carboxylic acids is 2. The molecule has 1 aliphatic rings. The average Bonchev–Trinajstić information content (AvgIpc) is 2.92. The first-order chi connectivity index (χ1) is 18.8. The molecule has 0 saturated carbocycles. The highest BCUT2D eigenvalue weighted by atomic mass is 35.5. The number of nitrogens with two attached hydrogens (primary N) is 1. The van der Waals surface area contributed by atoms with Gasteiger partial charge in [-0.25, -0.2) is 0 Å². The molecule has 0 aliphatic carbocycles. The molecule has 0 spiro atoms. The van der Waals surface area contributed by atoms with Gasteiger partial charge in [-0.15, -0.1) is 0 Å². The van der Waals surface area contributed by atoms with Crippen molar-refractivity contribution in [3.8, 4) is 0 Å². The van der Waals surface area contributed by atoms with E-state index in [2.05, 4.69) is 41.5 Å². The summed E-state index contributed by atoms with van der Waals surface area (Å²) in [7, 11) is 2.10. The van der Waals surface area contributed by atoms with Gasteiger partial charge in [0.2, 0.25) is 11.8 Å². The minimum Gasteiger partial charge on any atom is -0.377 e. The third-order valence-corrected chi connectivity index (χ3v) is 7.46. The van der Waals surface area contributed by atoms with Crippen molar-refractivity contribution in [2.24, 2.45) is 5.73 Å². The normalized spacial score (nSPS) is 18.3. The lowest BCUT2D eigenvalue weighted by atomic mass is 9.88. The van der Waals surface area contributed by atoms with Crippen molar-refractivity contribution in [1.29, 1.82) is 0 Å². The molecule has 3 aromatic rings. The maximum absolute atomic E-state index is 12.6. The van der Waals surface area contributed by atoms with Crippen molar-refractivity contribution < 1.29 is 14.3 Å². The number of hydrogen-bond donors (Lipinski definition) is 2. The minimum absolute atomic E-state index is 0.0444. The van der Waals surface area contributed by atoms with E-state index in [4.69, 9.17) is 33.7 Å². The molecular weight excluding hydrogens is 533 g/mol. The van der Waals surface area contributed by atoms with Crippen LogP contribution >= 0.6 is 23.2 Å². The van der Waals surface area contributed by atoms with E-state index in [1.807, 2.05) is 60.7 Å². The van der Waals surface area contributed by atoms with E-state index >= 15 is 0 Å². The summed E-state index contributed by atoms with van der Waals surface area (Å²) in [5.41, 5.74) is 9.81. The quantitative estimate of drug-likeness (QED) is 0.232. The summed E-state index contributed by atoms with van der Waals surface area (Å²) < 4.78 is 5.97. The molecular formula is C31H33Cl2N3O3. The lowest BCUT2D eigenvalue weighted by molar-refractivity contribution is -0.128. The second-order valence-electron chi connectivity index (χ2n) is 9.72. The standard InChI is InChI=1S/C31H33Cl2N3O3/c1-36-28(22-10-13-25(32)14-11-22)15-12-24(30(36)23-8-5-9-26(33)19-23)20-39-17-16-29(37)35-27(31(34)38)18-21-6-3-2-4-7-21/h2-14,19,27-28,30H,15-18,20H2,1H3,(H2,34,38)(H,35,37)/t27-,28?,30-/m0/s1.